The molecule has 1 fully saturated rings. The Labute approximate surface area is 135 Å². The number of ether oxygens (including phenoxy) is 1. The predicted molar refractivity (Wildman–Crippen MR) is 84.1 cm³/mol. The largest absolute Gasteiger partial charge is 0.485 e. The van der Waals surface area contributed by atoms with E-state index < -0.39 is 0 Å². The maximum absolute atomic E-state index is 12.5. The van der Waals surface area contributed by atoms with Gasteiger partial charge in [0.1, 0.15) is 5.75 Å². The lowest BCUT2D eigenvalue weighted by atomic mass is 9.99. The lowest BCUT2D eigenvalue weighted by Gasteiger charge is -2.31. The molecule has 2 heterocycles. The van der Waals surface area contributed by atoms with E-state index in [-0.39, 0.29) is 12.5 Å². The molecule has 1 amide bonds. The summed E-state index contributed by atoms with van der Waals surface area (Å²) in [5.41, 5.74) is 0.696. The normalized spacial score (nSPS) is 18.0. The van der Waals surface area contributed by atoms with Crippen LogP contribution in [0.25, 0.3) is 0 Å². The average Bonchev–Trinajstić information content (AvgIpc) is 2.98. The van der Waals surface area contributed by atoms with E-state index in [0.29, 0.717) is 28.9 Å². The lowest BCUT2D eigenvalue weighted by Crippen LogP contribution is -2.39. The number of carbonyl (C=O) groups excluding carboxylic acids is 1. The number of amides is 1. The molecule has 0 radical (unpaired) electrons. The number of carbonyl (C=O) groups is 1. The van der Waals surface area contributed by atoms with Crippen molar-refractivity contribution in [3.63, 3.8) is 0 Å². The smallest absolute Gasteiger partial charge is 0.253 e. The van der Waals surface area contributed by atoms with E-state index in [1.54, 1.807) is 31.2 Å². The van der Waals surface area contributed by atoms with Gasteiger partial charge in [-0.05, 0) is 43.0 Å². The third-order valence-corrected chi connectivity index (χ3v) is 3.98. The molecule has 0 aliphatic carbocycles. The number of hydrogen-bond donors (Lipinski definition) is 0. The second-order valence-corrected chi connectivity index (χ2v) is 6.04. The molecule has 6 nitrogen and oxygen atoms in total. The van der Waals surface area contributed by atoms with Crippen molar-refractivity contribution in [3.8, 4) is 5.75 Å². The molecule has 6 heteroatoms. The van der Waals surface area contributed by atoms with Crippen LogP contribution in [0.4, 0.5) is 0 Å². The number of nitrogens with zero attached hydrogens (tertiary/aromatic N) is 3. The standard InChI is InChI=1S/C17H21N3O3/c1-12-4-3-9-20(10-12)17(21)14-5-7-15(8-6-14)22-11-16-18-13(2)23-19-16/h5-8,12H,3-4,9-11H2,1-2H3. The summed E-state index contributed by atoms with van der Waals surface area (Å²) >= 11 is 0. The molecule has 1 unspecified atom stereocenters. The number of aryl methyl sites for hydroxylation is 1. The minimum atomic E-state index is 0.0943. The van der Waals surface area contributed by atoms with Crippen LogP contribution in [0.1, 0.15) is 41.8 Å². The van der Waals surface area contributed by atoms with E-state index in [1.165, 1.54) is 6.42 Å². The SMILES string of the molecule is Cc1nc(COc2ccc(C(=O)N3CCCC(C)C3)cc2)no1. The van der Waals surface area contributed by atoms with Crippen LogP contribution in [0.2, 0.25) is 0 Å². The second-order valence-electron chi connectivity index (χ2n) is 6.04. The zero-order valence-corrected chi connectivity index (χ0v) is 13.5. The highest BCUT2D eigenvalue weighted by Gasteiger charge is 2.21. The molecule has 0 spiro atoms. The van der Waals surface area contributed by atoms with Gasteiger partial charge in [0, 0.05) is 25.6 Å². The molecule has 23 heavy (non-hydrogen) atoms. The zero-order valence-electron chi connectivity index (χ0n) is 13.5. The van der Waals surface area contributed by atoms with Gasteiger partial charge in [0.05, 0.1) is 0 Å². The lowest BCUT2D eigenvalue weighted by molar-refractivity contribution is 0.0683. The van der Waals surface area contributed by atoms with Gasteiger partial charge in [-0.3, -0.25) is 4.79 Å². The molecule has 1 saturated heterocycles. The quantitative estimate of drug-likeness (QED) is 0.868. The molecule has 1 aliphatic heterocycles. The summed E-state index contributed by atoms with van der Waals surface area (Å²) in [6.07, 6.45) is 2.28. The first-order chi connectivity index (χ1) is 11.1. The van der Waals surface area contributed by atoms with Gasteiger partial charge in [-0.25, -0.2) is 0 Å². The number of likely N-dealkylation sites (tertiary alicyclic amines) is 1. The Morgan fingerprint density at radius 2 is 2.17 bits per heavy atom. The summed E-state index contributed by atoms with van der Waals surface area (Å²) in [7, 11) is 0. The Bertz CT molecular complexity index is 666. The molecule has 0 N–H and O–H groups in total. The molecule has 1 aromatic carbocycles. The number of hydrogen-bond acceptors (Lipinski definition) is 5. The molecule has 0 saturated carbocycles. The molecule has 2 aromatic rings. The van der Waals surface area contributed by atoms with E-state index in [1.807, 2.05) is 4.90 Å². The molecule has 1 atom stereocenters. The van der Waals surface area contributed by atoms with Crippen LogP contribution < -0.4 is 4.74 Å². The maximum Gasteiger partial charge on any atom is 0.253 e. The van der Waals surface area contributed by atoms with Crippen LogP contribution >= 0.6 is 0 Å². The van der Waals surface area contributed by atoms with Gasteiger partial charge in [0.2, 0.25) is 11.7 Å². The van der Waals surface area contributed by atoms with E-state index in [0.717, 1.165) is 19.5 Å². The van der Waals surface area contributed by atoms with Gasteiger partial charge in [-0.2, -0.15) is 4.98 Å². The maximum atomic E-state index is 12.5. The van der Waals surface area contributed by atoms with E-state index in [4.69, 9.17) is 9.26 Å². The minimum Gasteiger partial charge on any atom is -0.485 e. The summed E-state index contributed by atoms with van der Waals surface area (Å²) in [5, 5.41) is 3.77. The van der Waals surface area contributed by atoms with Crippen molar-refractivity contribution < 1.29 is 14.1 Å². The van der Waals surface area contributed by atoms with Crippen molar-refractivity contribution in [1.82, 2.24) is 15.0 Å². The summed E-state index contributed by atoms with van der Waals surface area (Å²) in [6.45, 7) is 5.86. The van der Waals surface area contributed by atoms with Gasteiger partial charge in [0.15, 0.2) is 6.61 Å². The highest BCUT2D eigenvalue weighted by atomic mass is 16.5. The molecule has 122 valence electrons. The van der Waals surface area contributed by atoms with Gasteiger partial charge in [-0.1, -0.05) is 12.1 Å². The topological polar surface area (TPSA) is 68.5 Å². The molecule has 3 rings (SSSR count). The van der Waals surface area contributed by atoms with Gasteiger partial charge >= 0.3 is 0 Å². The van der Waals surface area contributed by atoms with Gasteiger partial charge in [-0.15, -0.1) is 0 Å². The Balaban J connectivity index is 1.59. The second kappa shape index (κ2) is 6.81. The first-order valence-corrected chi connectivity index (χ1v) is 7.93. The van der Waals surface area contributed by atoms with Crippen LogP contribution in [0.5, 0.6) is 5.75 Å². The zero-order chi connectivity index (χ0) is 16.2. The molecule has 1 aliphatic rings. The van der Waals surface area contributed by atoms with Crippen molar-refractivity contribution in [2.45, 2.75) is 33.3 Å². The van der Waals surface area contributed by atoms with Gasteiger partial charge < -0.3 is 14.2 Å². The number of rotatable bonds is 4. The first-order valence-electron chi connectivity index (χ1n) is 7.93. The monoisotopic (exact) mass is 315 g/mol. The van der Waals surface area contributed by atoms with E-state index in [2.05, 4.69) is 17.1 Å². The Hall–Kier alpha value is -2.37. The van der Waals surface area contributed by atoms with Crippen LogP contribution in [0, 0.1) is 12.8 Å². The molecule has 0 bridgehead atoms. The Morgan fingerprint density at radius 1 is 1.39 bits per heavy atom. The predicted octanol–water partition coefficient (Wildman–Crippen LogP) is 2.83. The third-order valence-electron chi connectivity index (χ3n) is 3.98. The van der Waals surface area contributed by atoms with E-state index >= 15 is 0 Å². The van der Waals surface area contributed by atoms with Crippen molar-refractivity contribution in [2.24, 2.45) is 5.92 Å². The molecular weight excluding hydrogens is 294 g/mol. The van der Waals surface area contributed by atoms with Crippen LogP contribution in [-0.4, -0.2) is 34.0 Å². The average molecular weight is 315 g/mol. The fourth-order valence-corrected chi connectivity index (χ4v) is 2.80. The van der Waals surface area contributed by atoms with Crippen molar-refractivity contribution in [2.75, 3.05) is 13.1 Å². The summed E-state index contributed by atoms with van der Waals surface area (Å²) in [6, 6.07) is 7.21. The van der Waals surface area contributed by atoms with E-state index in [9.17, 15) is 4.79 Å². The fraction of sp³-hybridized carbons (Fsp3) is 0.471. The van der Waals surface area contributed by atoms with Gasteiger partial charge in [0.25, 0.3) is 5.91 Å². The molecule has 1 aromatic heterocycles. The number of piperidine rings is 1. The summed E-state index contributed by atoms with van der Waals surface area (Å²) in [5.74, 6) is 2.37. The highest BCUT2D eigenvalue weighted by Crippen LogP contribution is 2.19. The third kappa shape index (κ3) is 3.88. The fourth-order valence-electron chi connectivity index (χ4n) is 2.80. The van der Waals surface area contributed by atoms with Crippen LogP contribution in [0.15, 0.2) is 28.8 Å². The summed E-state index contributed by atoms with van der Waals surface area (Å²) in [4.78, 5) is 18.5. The van der Waals surface area contributed by atoms with Crippen molar-refractivity contribution in [1.29, 1.82) is 0 Å². The van der Waals surface area contributed by atoms with Crippen LogP contribution in [0.3, 0.4) is 0 Å². The van der Waals surface area contributed by atoms with Crippen LogP contribution in [-0.2, 0) is 6.61 Å². The number of benzene rings is 1. The summed E-state index contributed by atoms with van der Waals surface area (Å²) < 4.78 is 10.5. The first kappa shape index (κ1) is 15.5. The molecular formula is C17H21N3O3. The van der Waals surface area contributed by atoms with Crippen molar-refractivity contribution in [3.05, 3.63) is 41.5 Å². The highest BCUT2D eigenvalue weighted by molar-refractivity contribution is 5.94. The van der Waals surface area contributed by atoms with Crippen molar-refractivity contribution >= 4 is 5.91 Å². The Kier molecular flexibility index (Phi) is 4.60. The minimum absolute atomic E-state index is 0.0943. The Morgan fingerprint density at radius 3 is 2.83 bits per heavy atom. The number of aromatic nitrogens is 2.